The van der Waals surface area contributed by atoms with Gasteiger partial charge in [0.2, 0.25) is 0 Å². The van der Waals surface area contributed by atoms with E-state index in [1.54, 1.807) is 24.0 Å². The van der Waals surface area contributed by atoms with Gasteiger partial charge in [0, 0.05) is 19.6 Å². The van der Waals surface area contributed by atoms with Crippen LogP contribution >= 0.6 is 0 Å². The zero-order valence-corrected chi connectivity index (χ0v) is 12.1. The minimum Gasteiger partial charge on any atom is -0.456 e. The summed E-state index contributed by atoms with van der Waals surface area (Å²) >= 11 is 0. The van der Waals surface area contributed by atoms with E-state index in [0.717, 1.165) is 12.8 Å². The Hall–Kier alpha value is -1.38. The third kappa shape index (κ3) is 4.06. The summed E-state index contributed by atoms with van der Waals surface area (Å²) in [6.45, 7) is 3.19. The predicted molar refractivity (Wildman–Crippen MR) is 73.2 cm³/mol. The van der Waals surface area contributed by atoms with Gasteiger partial charge in [0.25, 0.3) is 16.1 Å². The van der Waals surface area contributed by atoms with Crippen LogP contribution in [0.4, 0.5) is 0 Å². The lowest BCUT2D eigenvalue weighted by Gasteiger charge is -2.32. The van der Waals surface area contributed by atoms with Crippen LogP contribution in [0.15, 0.2) is 16.5 Å². The molecule has 8 heteroatoms. The first-order chi connectivity index (χ1) is 9.35. The maximum absolute atomic E-state index is 12.2. The van der Waals surface area contributed by atoms with E-state index in [9.17, 15) is 13.2 Å². The second-order valence-electron chi connectivity index (χ2n) is 5.06. The average Bonchev–Trinajstić information content (AvgIpc) is 2.82. The molecule has 1 aliphatic heterocycles. The third-order valence-electron chi connectivity index (χ3n) is 3.33. The number of nitrogens with two attached hydrogens (primary N) is 1. The number of furan rings is 1. The van der Waals surface area contributed by atoms with Crippen LogP contribution in [-0.2, 0) is 10.2 Å². The molecule has 3 N–H and O–H groups in total. The molecule has 0 saturated carbocycles. The quantitative estimate of drug-likeness (QED) is 0.830. The largest absolute Gasteiger partial charge is 0.456 e. The van der Waals surface area contributed by atoms with Crippen LogP contribution in [0.2, 0.25) is 0 Å². The van der Waals surface area contributed by atoms with Crippen LogP contribution in [-0.4, -0.2) is 38.9 Å². The summed E-state index contributed by atoms with van der Waals surface area (Å²) in [5.41, 5.74) is 0. The molecule has 0 aromatic carbocycles. The molecule has 1 fully saturated rings. The van der Waals surface area contributed by atoms with Crippen molar-refractivity contribution in [1.29, 1.82) is 0 Å². The first-order valence-corrected chi connectivity index (χ1v) is 8.03. The Bertz CT molecular complexity index is 581. The Labute approximate surface area is 118 Å². The molecule has 1 unspecified atom stereocenters. The normalized spacial score (nSPS) is 20.1. The van der Waals surface area contributed by atoms with Crippen LogP contribution in [0.25, 0.3) is 0 Å². The molecular weight excluding hydrogens is 282 g/mol. The smallest absolute Gasteiger partial charge is 0.289 e. The maximum Gasteiger partial charge on any atom is 0.289 e. The molecule has 1 aliphatic rings. The summed E-state index contributed by atoms with van der Waals surface area (Å²) in [5, 5.41) is 4.91. The molecule has 0 aliphatic carbocycles. The van der Waals surface area contributed by atoms with Gasteiger partial charge >= 0.3 is 0 Å². The monoisotopic (exact) mass is 301 g/mol. The molecule has 1 amide bonds. The number of likely N-dealkylation sites (tertiary alicyclic amines) is 1. The van der Waals surface area contributed by atoms with Crippen LogP contribution in [0.5, 0.6) is 0 Å². The third-order valence-corrected chi connectivity index (χ3v) is 3.90. The molecule has 0 radical (unpaired) electrons. The SMILES string of the molecule is Cc1ccc(C(=O)N2CCCC(CNS(N)(=O)=O)C2)o1. The summed E-state index contributed by atoms with van der Waals surface area (Å²) < 4.78 is 29.4. The van der Waals surface area contributed by atoms with Gasteiger partial charge in [-0.2, -0.15) is 8.42 Å². The highest BCUT2D eigenvalue weighted by Crippen LogP contribution is 2.19. The summed E-state index contributed by atoms with van der Waals surface area (Å²) in [4.78, 5) is 13.9. The number of carbonyl (C=O) groups excluding carboxylic acids is 1. The zero-order valence-electron chi connectivity index (χ0n) is 11.3. The fraction of sp³-hybridized carbons (Fsp3) is 0.583. The van der Waals surface area contributed by atoms with Gasteiger partial charge in [-0.3, -0.25) is 4.79 Å². The number of amides is 1. The minimum absolute atomic E-state index is 0.0714. The minimum atomic E-state index is -3.68. The van der Waals surface area contributed by atoms with Crippen molar-refractivity contribution in [3.05, 3.63) is 23.7 Å². The van der Waals surface area contributed by atoms with Crippen molar-refractivity contribution in [1.82, 2.24) is 9.62 Å². The fourth-order valence-electron chi connectivity index (χ4n) is 2.36. The molecule has 1 atom stereocenters. The van der Waals surface area contributed by atoms with Crippen molar-refractivity contribution in [2.75, 3.05) is 19.6 Å². The molecule has 0 bridgehead atoms. The van der Waals surface area contributed by atoms with Crippen LogP contribution in [0.3, 0.4) is 0 Å². The van der Waals surface area contributed by atoms with Crippen molar-refractivity contribution in [3.8, 4) is 0 Å². The van der Waals surface area contributed by atoms with Gasteiger partial charge in [0.05, 0.1) is 0 Å². The van der Waals surface area contributed by atoms with E-state index in [0.29, 0.717) is 24.6 Å². The molecule has 2 heterocycles. The van der Waals surface area contributed by atoms with Gasteiger partial charge in [0.1, 0.15) is 5.76 Å². The van der Waals surface area contributed by atoms with Crippen LogP contribution < -0.4 is 9.86 Å². The van der Waals surface area contributed by atoms with E-state index >= 15 is 0 Å². The number of aryl methyl sites for hydroxylation is 1. The first-order valence-electron chi connectivity index (χ1n) is 6.48. The number of carbonyl (C=O) groups is 1. The van der Waals surface area contributed by atoms with E-state index in [4.69, 9.17) is 9.56 Å². The van der Waals surface area contributed by atoms with Gasteiger partial charge in [-0.05, 0) is 37.8 Å². The highest BCUT2D eigenvalue weighted by atomic mass is 32.2. The summed E-state index contributed by atoms with van der Waals surface area (Å²) in [6.07, 6.45) is 1.70. The highest BCUT2D eigenvalue weighted by Gasteiger charge is 2.26. The molecule has 112 valence electrons. The summed E-state index contributed by atoms with van der Waals surface area (Å²) in [5.74, 6) is 0.931. The van der Waals surface area contributed by atoms with E-state index in [1.165, 1.54) is 0 Å². The number of hydrogen-bond acceptors (Lipinski definition) is 4. The van der Waals surface area contributed by atoms with Crippen molar-refractivity contribution >= 4 is 16.1 Å². The first kappa shape index (κ1) is 15.0. The van der Waals surface area contributed by atoms with Crippen molar-refractivity contribution in [2.45, 2.75) is 19.8 Å². The van der Waals surface area contributed by atoms with Crippen molar-refractivity contribution in [2.24, 2.45) is 11.1 Å². The van der Waals surface area contributed by atoms with Crippen molar-refractivity contribution in [3.63, 3.8) is 0 Å². The van der Waals surface area contributed by atoms with Crippen LogP contribution in [0.1, 0.15) is 29.2 Å². The summed E-state index contributed by atoms with van der Waals surface area (Å²) in [6, 6.07) is 3.40. The molecule has 1 aromatic heterocycles. The Morgan fingerprint density at radius 1 is 1.55 bits per heavy atom. The van der Waals surface area contributed by atoms with Crippen molar-refractivity contribution < 1.29 is 17.6 Å². The zero-order chi connectivity index (χ0) is 14.8. The Morgan fingerprint density at radius 2 is 2.30 bits per heavy atom. The lowest BCUT2D eigenvalue weighted by Crippen LogP contribution is -2.44. The topological polar surface area (TPSA) is 106 Å². The van der Waals surface area contributed by atoms with Gasteiger partial charge in [0.15, 0.2) is 5.76 Å². The number of nitrogens with one attached hydrogen (secondary N) is 1. The second-order valence-corrected chi connectivity index (χ2v) is 6.44. The fourth-order valence-corrected chi connectivity index (χ4v) is 2.82. The van der Waals surface area contributed by atoms with E-state index in [1.807, 2.05) is 0 Å². The second kappa shape index (κ2) is 5.94. The lowest BCUT2D eigenvalue weighted by atomic mass is 9.98. The van der Waals surface area contributed by atoms with Gasteiger partial charge in [-0.15, -0.1) is 0 Å². The molecule has 20 heavy (non-hydrogen) atoms. The molecular formula is C12H19N3O4S. The maximum atomic E-state index is 12.2. The molecule has 1 aromatic rings. The lowest BCUT2D eigenvalue weighted by molar-refractivity contribution is 0.0643. The van der Waals surface area contributed by atoms with E-state index in [-0.39, 0.29) is 18.4 Å². The molecule has 2 rings (SSSR count). The average molecular weight is 301 g/mol. The van der Waals surface area contributed by atoms with Gasteiger partial charge in [-0.1, -0.05) is 0 Å². The number of rotatable bonds is 4. The number of nitrogens with zero attached hydrogens (tertiary/aromatic N) is 1. The Balaban J connectivity index is 1.94. The predicted octanol–water partition coefficient (Wildman–Crippen LogP) is 0.233. The molecule has 7 nitrogen and oxygen atoms in total. The van der Waals surface area contributed by atoms with Crippen LogP contribution in [0, 0.1) is 12.8 Å². The number of piperidine rings is 1. The molecule has 0 spiro atoms. The highest BCUT2D eigenvalue weighted by molar-refractivity contribution is 7.87. The van der Waals surface area contributed by atoms with E-state index in [2.05, 4.69) is 4.72 Å². The standard InChI is InChI=1S/C12H19N3O4S/c1-9-4-5-11(19-9)12(16)15-6-2-3-10(8-15)7-14-20(13,17)18/h4-5,10,14H,2-3,6-8H2,1H3,(H2,13,17,18). The molecule has 1 saturated heterocycles. The van der Waals surface area contributed by atoms with E-state index < -0.39 is 10.2 Å². The number of hydrogen-bond donors (Lipinski definition) is 2. The Kier molecular flexibility index (Phi) is 4.46. The van der Waals surface area contributed by atoms with Gasteiger partial charge in [-0.25, -0.2) is 9.86 Å². The Morgan fingerprint density at radius 3 is 2.90 bits per heavy atom. The summed E-state index contributed by atoms with van der Waals surface area (Å²) in [7, 11) is -3.68. The van der Waals surface area contributed by atoms with Gasteiger partial charge < -0.3 is 9.32 Å².